The third kappa shape index (κ3) is 4.47. The second-order valence-electron chi connectivity index (χ2n) is 4.28. The fraction of sp³-hybridized carbons (Fsp3) is 0.818. The van der Waals surface area contributed by atoms with Crippen molar-refractivity contribution in [1.82, 2.24) is 0 Å². The smallest absolute Gasteiger partial charge is 0.315 e. The Hall–Kier alpha value is -1.10. The average Bonchev–Trinajstić information content (AvgIpc) is 2.37. The number of rotatable bonds is 5. The molecule has 4 N–H and O–H groups in total. The largest absolute Gasteiger partial charge is 0.394 e. The second-order valence-corrected chi connectivity index (χ2v) is 4.28. The van der Waals surface area contributed by atoms with Crippen LogP contribution in [0.15, 0.2) is 0 Å². The molecule has 0 aromatic heterocycles. The Morgan fingerprint density at radius 3 is 2.40 bits per heavy atom. The van der Waals surface area contributed by atoms with Gasteiger partial charge in [0, 0.05) is 6.92 Å². The van der Waals surface area contributed by atoms with Gasteiger partial charge in [0.1, 0.15) is 24.4 Å². The van der Waals surface area contributed by atoms with Crippen LogP contribution in [0.25, 0.3) is 0 Å². The monoisotopic (exact) mass is 294 g/mol. The maximum Gasteiger partial charge on any atom is 0.315 e. The SMILES string of the molecule is CC(=O)OC(=O)CCOC1C(O)C(O)OC(CO)C1O. The Morgan fingerprint density at radius 1 is 1.20 bits per heavy atom. The molecule has 5 atom stereocenters. The van der Waals surface area contributed by atoms with Gasteiger partial charge in [-0.2, -0.15) is 0 Å². The first-order chi connectivity index (χ1) is 9.36. The van der Waals surface area contributed by atoms with E-state index < -0.39 is 49.3 Å². The zero-order valence-electron chi connectivity index (χ0n) is 10.8. The fourth-order valence-corrected chi connectivity index (χ4v) is 1.75. The third-order valence-corrected chi connectivity index (χ3v) is 2.71. The maximum absolute atomic E-state index is 11.1. The van der Waals surface area contributed by atoms with Gasteiger partial charge in [-0.25, -0.2) is 0 Å². The van der Waals surface area contributed by atoms with E-state index in [1.54, 1.807) is 0 Å². The summed E-state index contributed by atoms with van der Waals surface area (Å²) in [6, 6.07) is 0. The van der Waals surface area contributed by atoms with Crippen molar-refractivity contribution in [3.8, 4) is 0 Å². The van der Waals surface area contributed by atoms with Gasteiger partial charge >= 0.3 is 11.9 Å². The van der Waals surface area contributed by atoms with Crippen LogP contribution in [-0.4, -0.2) is 76.3 Å². The second kappa shape index (κ2) is 7.62. The molecule has 1 aliphatic heterocycles. The number of ether oxygens (including phenoxy) is 3. The van der Waals surface area contributed by atoms with Gasteiger partial charge in [0.2, 0.25) is 0 Å². The van der Waals surface area contributed by atoms with Crippen LogP contribution in [0.3, 0.4) is 0 Å². The van der Waals surface area contributed by atoms with E-state index in [-0.39, 0.29) is 13.0 Å². The lowest BCUT2D eigenvalue weighted by molar-refractivity contribution is -0.294. The number of hydrogen-bond acceptors (Lipinski definition) is 9. The molecular formula is C11H18O9. The van der Waals surface area contributed by atoms with Gasteiger partial charge in [-0.15, -0.1) is 0 Å². The summed E-state index contributed by atoms with van der Waals surface area (Å²) in [4.78, 5) is 21.6. The fourth-order valence-electron chi connectivity index (χ4n) is 1.75. The molecule has 0 bridgehead atoms. The number of hydrogen-bond donors (Lipinski definition) is 4. The summed E-state index contributed by atoms with van der Waals surface area (Å²) in [6.07, 6.45) is -7.14. The normalized spacial score (nSPS) is 33.8. The van der Waals surface area contributed by atoms with Gasteiger partial charge in [0.15, 0.2) is 6.29 Å². The topological polar surface area (TPSA) is 143 Å². The summed E-state index contributed by atoms with van der Waals surface area (Å²) in [5.41, 5.74) is 0. The highest BCUT2D eigenvalue weighted by Gasteiger charge is 2.44. The molecule has 0 spiro atoms. The number of carbonyl (C=O) groups excluding carboxylic acids is 2. The zero-order valence-corrected chi connectivity index (χ0v) is 10.8. The van der Waals surface area contributed by atoms with Crippen LogP contribution >= 0.6 is 0 Å². The van der Waals surface area contributed by atoms with Crippen molar-refractivity contribution in [3.05, 3.63) is 0 Å². The van der Waals surface area contributed by atoms with Gasteiger partial charge in [0.05, 0.1) is 19.6 Å². The molecule has 0 aliphatic carbocycles. The zero-order chi connectivity index (χ0) is 15.3. The Morgan fingerprint density at radius 2 is 1.85 bits per heavy atom. The molecule has 0 aromatic rings. The molecule has 9 nitrogen and oxygen atoms in total. The Labute approximate surface area is 114 Å². The molecule has 1 aliphatic rings. The summed E-state index contributed by atoms with van der Waals surface area (Å²) in [5.74, 6) is -1.57. The minimum atomic E-state index is -1.62. The predicted molar refractivity (Wildman–Crippen MR) is 61.1 cm³/mol. The van der Waals surface area contributed by atoms with Crippen molar-refractivity contribution < 1.29 is 44.2 Å². The van der Waals surface area contributed by atoms with E-state index in [0.717, 1.165) is 6.92 Å². The summed E-state index contributed by atoms with van der Waals surface area (Å²) in [5, 5.41) is 37.7. The lowest BCUT2D eigenvalue weighted by Gasteiger charge is -2.39. The van der Waals surface area contributed by atoms with Crippen LogP contribution in [0.1, 0.15) is 13.3 Å². The van der Waals surface area contributed by atoms with Crippen molar-refractivity contribution in [2.45, 2.75) is 44.1 Å². The first kappa shape index (κ1) is 17.0. The Bertz CT molecular complexity index is 345. The molecule has 1 saturated heterocycles. The Balaban J connectivity index is 2.47. The van der Waals surface area contributed by atoms with Crippen molar-refractivity contribution in [1.29, 1.82) is 0 Å². The van der Waals surface area contributed by atoms with Crippen molar-refractivity contribution in [2.75, 3.05) is 13.2 Å². The molecule has 1 fully saturated rings. The minimum Gasteiger partial charge on any atom is -0.394 e. The molecule has 0 saturated carbocycles. The number of esters is 2. The molecule has 1 rings (SSSR count). The van der Waals surface area contributed by atoms with Crippen LogP contribution in [0.2, 0.25) is 0 Å². The van der Waals surface area contributed by atoms with Crippen LogP contribution in [0.5, 0.6) is 0 Å². The molecule has 1 heterocycles. The first-order valence-electron chi connectivity index (χ1n) is 6.00. The standard InChI is InChI=1S/C11H18O9/c1-5(13)19-7(14)2-3-18-10-8(15)6(4-12)20-11(17)9(10)16/h6,8-12,15-17H,2-4H2,1H3. The number of carbonyl (C=O) groups is 2. The quantitative estimate of drug-likeness (QED) is 0.314. The maximum atomic E-state index is 11.1. The minimum absolute atomic E-state index is 0.240. The van der Waals surface area contributed by atoms with E-state index >= 15 is 0 Å². The molecule has 0 aromatic carbocycles. The molecular weight excluding hydrogens is 276 g/mol. The summed E-state index contributed by atoms with van der Waals surface area (Å²) in [6.45, 7) is 0.264. The highest BCUT2D eigenvalue weighted by molar-refractivity contribution is 5.84. The van der Waals surface area contributed by atoms with E-state index in [2.05, 4.69) is 4.74 Å². The Kier molecular flexibility index (Phi) is 6.46. The highest BCUT2D eigenvalue weighted by Crippen LogP contribution is 2.22. The van der Waals surface area contributed by atoms with Crippen LogP contribution in [0.4, 0.5) is 0 Å². The van der Waals surface area contributed by atoms with Crippen LogP contribution in [0, 0.1) is 0 Å². The van der Waals surface area contributed by atoms with E-state index in [0.29, 0.717) is 0 Å². The molecule has 116 valence electrons. The third-order valence-electron chi connectivity index (χ3n) is 2.71. The van der Waals surface area contributed by atoms with E-state index in [4.69, 9.17) is 14.6 Å². The van der Waals surface area contributed by atoms with Crippen molar-refractivity contribution >= 4 is 11.9 Å². The summed E-state index contributed by atoms with van der Waals surface area (Å²) in [7, 11) is 0. The first-order valence-corrected chi connectivity index (χ1v) is 6.00. The van der Waals surface area contributed by atoms with Crippen LogP contribution < -0.4 is 0 Å². The van der Waals surface area contributed by atoms with Gasteiger partial charge < -0.3 is 34.6 Å². The van der Waals surface area contributed by atoms with E-state index in [1.807, 2.05) is 0 Å². The van der Waals surface area contributed by atoms with Gasteiger partial charge in [-0.05, 0) is 0 Å². The van der Waals surface area contributed by atoms with E-state index in [9.17, 15) is 24.9 Å². The average molecular weight is 294 g/mol. The van der Waals surface area contributed by atoms with Crippen LogP contribution in [-0.2, 0) is 23.8 Å². The van der Waals surface area contributed by atoms with Gasteiger partial charge in [-0.3, -0.25) is 9.59 Å². The highest BCUT2D eigenvalue weighted by atomic mass is 16.6. The lowest BCUT2D eigenvalue weighted by atomic mass is 9.99. The summed E-state index contributed by atoms with van der Waals surface area (Å²) < 4.78 is 14.1. The van der Waals surface area contributed by atoms with Crippen molar-refractivity contribution in [2.24, 2.45) is 0 Å². The van der Waals surface area contributed by atoms with E-state index in [1.165, 1.54) is 0 Å². The lowest BCUT2D eigenvalue weighted by Crippen LogP contribution is -2.59. The number of aliphatic hydroxyl groups excluding tert-OH is 4. The molecule has 0 radical (unpaired) electrons. The van der Waals surface area contributed by atoms with Crippen molar-refractivity contribution in [3.63, 3.8) is 0 Å². The molecule has 0 amide bonds. The van der Waals surface area contributed by atoms with Gasteiger partial charge in [0.25, 0.3) is 0 Å². The molecule has 5 unspecified atom stereocenters. The molecule has 20 heavy (non-hydrogen) atoms. The number of aliphatic hydroxyl groups is 4. The predicted octanol–water partition coefficient (Wildman–Crippen LogP) is -2.72. The van der Waals surface area contributed by atoms with Gasteiger partial charge in [-0.1, -0.05) is 0 Å². The molecule has 9 heteroatoms. The summed E-state index contributed by atoms with van der Waals surface area (Å²) >= 11 is 0.